The standard InChI is InChI=1S/C15H19NO4/c1-20-15(19)13(9-17)16-14(18)12-7-6-10-4-2-3-5-11(10)8-12/h6-8,13,17H,2-5,9H2,1H3,(H,16,18)/t13-/m0/s1. The van der Waals surface area contributed by atoms with Gasteiger partial charge in [-0.2, -0.15) is 0 Å². The number of amides is 1. The number of esters is 1. The van der Waals surface area contributed by atoms with Crippen LogP contribution < -0.4 is 5.32 Å². The zero-order chi connectivity index (χ0) is 14.5. The zero-order valence-electron chi connectivity index (χ0n) is 11.5. The first-order valence-corrected chi connectivity index (χ1v) is 6.77. The molecule has 2 rings (SSSR count). The quantitative estimate of drug-likeness (QED) is 0.799. The number of hydrogen-bond donors (Lipinski definition) is 2. The van der Waals surface area contributed by atoms with E-state index in [4.69, 9.17) is 5.11 Å². The summed E-state index contributed by atoms with van der Waals surface area (Å²) in [7, 11) is 1.22. The Hall–Kier alpha value is -1.88. The van der Waals surface area contributed by atoms with Gasteiger partial charge in [-0.25, -0.2) is 4.79 Å². The highest BCUT2D eigenvalue weighted by atomic mass is 16.5. The molecule has 1 aliphatic carbocycles. The number of rotatable bonds is 4. The molecule has 0 unspecified atom stereocenters. The third-order valence-corrected chi connectivity index (χ3v) is 3.58. The Morgan fingerprint density at radius 3 is 2.65 bits per heavy atom. The topological polar surface area (TPSA) is 75.6 Å². The molecule has 1 aromatic rings. The Labute approximate surface area is 117 Å². The molecule has 1 amide bonds. The molecule has 20 heavy (non-hydrogen) atoms. The van der Waals surface area contributed by atoms with Gasteiger partial charge in [0.15, 0.2) is 6.04 Å². The van der Waals surface area contributed by atoms with Gasteiger partial charge in [0.1, 0.15) is 0 Å². The van der Waals surface area contributed by atoms with E-state index in [9.17, 15) is 9.59 Å². The Kier molecular flexibility index (Phi) is 4.74. The molecule has 1 aromatic carbocycles. The highest BCUT2D eigenvalue weighted by Crippen LogP contribution is 2.22. The van der Waals surface area contributed by atoms with Crippen LogP contribution in [-0.2, 0) is 22.4 Å². The van der Waals surface area contributed by atoms with Gasteiger partial charge in [0.25, 0.3) is 5.91 Å². The van der Waals surface area contributed by atoms with Crippen molar-refractivity contribution in [3.63, 3.8) is 0 Å². The average molecular weight is 277 g/mol. The van der Waals surface area contributed by atoms with Crippen LogP contribution in [0.25, 0.3) is 0 Å². The van der Waals surface area contributed by atoms with Gasteiger partial charge in [-0.05, 0) is 48.9 Å². The number of aliphatic hydroxyl groups is 1. The van der Waals surface area contributed by atoms with E-state index in [2.05, 4.69) is 10.1 Å². The monoisotopic (exact) mass is 277 g/mol. The lowest BCUT2D eigenvalue weighted by atomic mass is 9.90. The lowest BCUT2D eigenvalue weighted by molar-refractivity contribution is -0.143. The number of hydrogen-bond acceptors (Lipinski definition) is 4. The molecule has 108 valence electrons. The maximum Gasteiger partial charge on any atom is 0.330 e. The molecule has 0 saturated heterocycles. The van der Waals surface area contributed by atoms with Gasteiger partial charge in [0.2, 0.25) is 0 Å². The smallest absolute Gasteiger partial charge is 0.330 e. The summed E-state index contributed by atoms with van der Waals surface area (Å²) in [6.45, 7) is -0.483. The maximum atomic E-state index is 12.1. The van der Waals surface area contributed by atoms with Gasteiger partial charge in [-0.3, -0.25) is 4.79 Å². The van der Waals surface area contributed by atoms with E-state index in [0.29, 0.717) is 5.56 Å². The third-order valence-electron chi connectivity index (χ3n) is 3.58. The minimum atomic E-state index is -1.02. The van der Waals surface area contributed by atoms with Gasteiger partial charge in [-0.1, -0.05) is 6.07 Å². The summed E-state index contributed by atoms with van der Waals surface area (Å²) in [4.78, 5) is 23.4. The molecule has 1 atom stereocenters. The van der Waals surface area contributed by atoms with Crippen LogP contribution in [0.2, 0.25) is 0 Å². The molecule has 0 aromatic heterocycles. The third kappa shape index (κ3) is 3.17. The second-order valence-electron chi connectivity index (χ2n) is 4.92. The van der Waals surface area contributed by atoms with Crippen molar-refractivity contribution in [2.45, 2.75) is 31.7 Å². The lowest BCUT2D eigenvalue weighted by Gasteiger charge is -2.18. The molecule has 0 fully saturated rings. The van der Waals surface area contributed by atoms with E-state index in [-0.39, 0.29) is 5.91 Å². The summed E-state index contributed by atoms with van der Waals surface area (Å²) in [6, 6.07) is 4.57. The molecule has 0 saturated carbocycles. The second kappa shape index (κ2) is 6.52. The maximum absolute atomic E-state index is 12.1. The predicted molar refractivity (Wildman–Crippen MR) is 73.4 cm³/mol. The summed E-state index contributed by atoms with van der Waals surface area (Å²) < 4.78 is 4.52. The van der Waals surface area contributed by atoms with Crippen molar-refractivity contribution in [2.75, 3.05) is 13.7 Å². The molecule has 0 radical (unpaired) electrons. The molecular formula is C15H19NO4. The zero-order valence-corrected chi connectivity index (χ0v) is 11.5. The number of carbonyl (C=O) groups excluding carboxylic acids is 2. The molecule has 5 nitrogen and oxygen atoms in total. The molecule has 5 heteroatoms. The van der Waals surface area contributed by atoms with Gasteiger partial charge >= 0.3 is 5.97 Å². The molecule has 0 heterocycles. The first-order chi connectivity index (χ1) is 9.65. The van der Waals surface area contributed by atoms with E-state index >= 15 is 0 Å². The van der Waals surface area contributed by atoms with Gasteiger partial charge in [-0.15, -0.1) is 0 Å². The number of aliphatic hydroxyl groups excluding tert-OH is 1. The summed E-state index contributed by atoms with van der Waals surface area (Å²) in [5, 5.41) is 11.6. The SMILES string of the molecule is COC(=O)[C@H](CO)NC(=O)c1ccc2c(c1)CCCC2. The van der Waals surface area contributed by atoms with Crippen molar-refractivity contribution >= 4 is 11.9 Å². The van der Waals surface area contributed by atoms with E-state index in [1.807, 2.05) is 12.1 Å². The summed E-state index contributed by atoms with van der Waals surface area (Å²) in [5.74, 6) is -1.03. The van der Waals surface area contributed by atoms with Crippen LogP contribution in [-0.4, -0.2) is 36.7 Å². The lowest BCUT2D eigenvalue weighted by Crippen LogP contribution is -2.44. The van der Waals surface area contributed by atoms with Crippen LogP contribution in [0.1, 0.15) is 34.3 Å². The summed E-state index contributed by atoms with van der Waals surface area (Å²) in [5.41, 5.74) is 3.00. The number of benzene rings is 1. The molecule has 0 aliphatic heterocycles. The number of carbonyl (C=O) groups is 2. The van der Waals surface area contributed by atoms with Crippen LogP contribution in [0, 0.1) is 0 Å². The number of fused-ring (bicyclic) bond motifs is 1. The number of aryl methyl sites for hydroxylation is 2. The van der Waals surface area contributed by atoms with E-state index in [1.165, 1.54) is 24.7 Å². The van der Waals surface area contributed by atoms with Crippen LogP contribution in [0.3, 0.4) is 0 Å². The predicted octanol–water partition coefficient (Wildman–Crippen LogP) is 0.829. The fourth-order valence-electron chi connectivity index (χ4n) is 2.44. The summed E-state index contributed by atoms with van der Waals surface area (Å²) in [6.07, 6.45) is 4.36. The second-order valence-corrected chi connectivity index (χ2v) is 4.92. The molecule has 1 aliphatic rings. The first kappa shape index (κ1) is 14.5. The van der Waals surface area contributed by atoms with Crippen molar-refractivity contribution in [1.29, 1.82) is 0 Å². The van der Waals surface area contributed by atoms with E-state index in [1.54, 1.807) is 6.07 Å². The highest BCUT2D eigenvalue weighted by molar-refractivity contribution is 5.97. The average Bonchev–Trinajstić information content (AvgIpc) is 2.51. The number of nitrogens with one attached hydrogen (secondary N) is 1. The molecule has 2 N–H and O–H groups in total. The fourth-order valence-corrected chi connectivity index (χ4v) is 2.44. The summed E-state index contributed by atoms with van der Waals surface area (Å²) >= 11 is 0. The Balaban J connectivity index is 2.11. The first-order valence-electron chi connectivity index (χ1n) is 6.77. The Bertz CT molecular complexity index is 513. The van der Waals surface area contributed by atoms with Gasteiger partial charge < -0.3 is 15.2 Å². The molecule has 0 bridgehead atoms. The molecular weight excluding hydrogens is 258 g/mol. The van der Waals surface area contributed by atoms with Crippen LogP contribution in [0.15, 0.2) is 18.2 Å². The minimum absolute atomic E-state index is 0.372. The van der Waals surface area contributed by atoms with E-state index in [0.717, 1.165) is 19.3 Å². The van der Waals surface area contributed by atoms with Crippen LogP contribution in [0.5, 0.6) is 0 Å². The van der Waals surface area contributed by atoms with Gasteiger partial charge in [0, 0.05) is 5.56 Å². The largest absolute Gasteiger partial charge is 0.467 e. The Morgan fingerprint density at radius 2 is 2.00 bits per heavy atom. The van der Waals surface area contributed by atoms with E-state index < -0.39 is 18.6 Å². The van der Waals surface area contributed by atoms with Crippen molar-refractivity contribution in [2.24, 2.45) is 0 Å². The van der Waals surface area contributed by atoms with Crippen molar-refractivity contribution in [3.05, 3.63) is 34.9 Å². The van der Waals surface area contributed by atoms with Crippen LogP contribution in [0.4, 0.5) is 0 Å². The van der Waals surface area contributed by atoms with Crippen molar-refractivity contribution < 1.29 is 19.4 Å². The fraction of sp³-hybridized carbons (Fsp3) is 0.467. The van der Waals surface area contributed by atoms with Gasteiger partial charge in [0.05, 0.1) is 13.7 Å². The van der Waals surface area contributed by atoms with Crippen molar-refractivity contribution in [1.82, 2.24) is 5.32 Å². The van der Waals surface area contributed by atoms with Crippen molar-refractivity contribution in [3.8, 4) is 0 Å². The normalized spacial score (nSPS) is 15.1. The number of ether oxygens (including phenoxy) is 1. The minimum Gasteiger partial charge on any atom is -0.467 e. The highest BCUT2D eigenvalue weighted by Gasteiger charge is 2.21. The Morgan fingerprint density at radius 1 is 1.30 bits per heavy atom. The number of methoxy groups -OCH3 is 1. The van der Waals surface area contributed by atoms with Crippen LogP contribution >= 0.6 is 0 Å². The molecule has 0 spiro atoms.